The summed E-state index contributed by atoms with van der Waals surface area (Å²) in [6, 6.07) is 17.5. The van der Waals surface area contributed by atoms with E-state index in [0.29, 0.717) is 18.7 Å². The van der Waals surface area contributed by atoms with E-state index < -0.39 is 0 Å². The highest BCUT2D eigenvalue weighted by Crippen LogP contribution is 2.30. The monoisotopic (exact) mass is 425 g/mol. The molecule has 1 aliphatic rings. The molecular weight excluding hydrogens is 402 g/mol. The number of thiazole rings is 1. The van der Waals surface area contributed by atoms with Gasteiger partial charge in [-0.2, -0.15) is 0 Å². The van der Waals surface area contributed by atoms with E-state index in [-0.39, 0.29) is 17.7 Å². The van der Waals surface area contributed by atoms with Crippen LogP contribution < -0.4 is 5.32 Å². The number of nitrogens with one attached hydrogen (secondary N) is 1. The second kappa shape index (κ2) is 9.41. The molecule has 1 fully saturated rings. The zero-order chi connectivity index (χ0) is 20.1. The van der Waals surface area contributed by atoms with E-state index in [9.17, 15) is 9.59 Å². The first-order chi connectivity index (χ1) is 14.2. The maximum Gasteiger partial charge on any atom is 0.229 e. The van der Waals surface area contributed by atoms with E-state index in [1.54, 1.807) is 23.1 Å². The van der Waals surface area contributed by atoms with Gasteiger partial charge in [-0.15, -0.1) is 11.3 Å². The van der Waals surface area contributed by atoms with Crippen molar-refractivity contribution in [3.8, 4) is 0 Å². The first-order valence-corrected chi connectivity index (χ1v) is 11.6. The van der Waals surface area contributed by atoms with Crippen LogP contribution in [0.2, 0.25) is 0 Å². The summed E-state index contributed by atoms with van der Waals surface area (Å²) in [6.45, 7) is 1.24. The highest BCUT2D eigenvalue weighted by atomic mass is 32.2. The van der Waals surface area contributed by atoms with Crippen LogP contribution in [0.25, 0.3) is 10.2 Å². The minimum Gasteiger partial charge on any atom is -0.342 e. The summed E-state index contributed by atoms with van der Waals surface area (Å²) in [7, 11) is 0. The second-order valence-corrected chi connectivity index (χ2v) is 9.45. The highest BCUT2D eigenvalue weighted by molar-refractivity contribution is 8.01. The molecule has 4 rings (SSSR count). The Morgan fingerprint density at radius 1 is 1.14 bits per heavy atom. The summed E-state index contributed by atoms with van der Waals surface area (Å²) in [6.07, 6.45) is 2.15. The van der Waals surface area contributed by atoms with Crippen molar-refractivity contribution in [3.63, 3.8) is 0 Å². The molecule has 0 aliphatic carbocycles. The van der Waals surface area contributed by atoms with Crippen molar-refractivity contribution in [2.24, 2.45) is 5.92 Å². The first kappa shape index (κ1) is 19.9. The van der Waals surface area contributed by atoms with Gasteiger partial charge in [0.2, 0.25) is 11.8 Å². The number of thioether (sulfide) groups is 1. The summed E-state index contributed by atoms with van der Waals surface area (Å²) < 4.78 is 2.17. The van der Waals surface area contributed by atoms with Crippen LogP contribution in [0.5, 0.6) is 0 Å². The Morgan fingerprint density at radius 2 is 1.93 bits per heavy atom. The maximum atomic E-state index is 12.7. The lowest BCUT2D eigenvalue weighted by Gasteiger charge is -2.32. The number of anilines is 1. The third-order valence-electron chi connectivity index (χ3n) is 5.00. The summed E-state index contributed by atoms with van der Waals surface area (Å²) in [5.41, 5.74) is 1.81. The average Bonchev–Trinajstić information content (AvgIpc) is 3.17. The number of aromatic nitrogens is 1. The van der Waals surface area contributed by atoms with Crippen LogP contribution in [0.1, 0.15) is 19.3 Å². The Balaban J connectivity index is 1.26. The number of piperidine rings is 1. The number of para-hydroxylation sites is 2. The van der Waals surface area contributed by atoms with Crippen molar-refractivity contribution in [2.75, 3.05) is 24.2 Å². The summed E-state index contributed by atoms with van der Waals surface area (Å²) in [4.78, 5) is 31.7. The molecule has 2 amide bonds. The van der Waals surface area contributed by atoms with Gasteiger partial charge in [-0.25, -0.2) is 4.98 Å². The molecule has 150 valence electrons. The number of fused-ring (bicyclic) bond motifs is 1. The maximum absolute atomic E-state index is 12.7. The highest BCUT2D eigenvalue weighted by Gasteiger charge is 2.28. The lowest BCUT2D eigenvalue weighted by molar-refractivity contribution is -0.134. The molecule has 1 atom stereocenters. The zero-order valence-corrected chi connectivity index (χ0v) is 17.7. The molecule has 7 heteroatoms. The van der Waals surface area contributed by atoms with Crippen LogP contribution in [0.4, 0.5) is 5.69 Å². The van der Waals surface area contributed by atoms with Gasteiger partial charge in [0, 0.05) is 31.0 Å². The molecular formula is C22H23N3O2S2. The third-order valence-corrected chi connectivity index (χ3v) is 7.18. The van der Waals surface area contributed by atoms with Crippen LogP contribution in [0.15, 0.2) is 58.9 Å². The molecule has 1 unspecified atom stereocenters. The Hall–Kier alpha value is -2.38. The van der Waals surface area contributed by atoms with Gasteiger partial charge in [-0.1, -0.05) is 42.1 Å². The Labute approximate surface area is 178 Å². The predicted octanol–water partition coefficient (Wildman–Crippen LogP) is 4.66. The van der Waals surface area contributed by atoms with Gasteiger partial charge >= 0.3 is 0 Å². The number of carbonyl (C=O) groups is 2. The fourth-order valence-electron chi connectivity index (χ4n) is 3.48. The number of nitrogens with zero attached hydrogens (tertiary/aromatic N) is 2. The lowest BCUT2D eigenvalue weighted by Crippen LogP contribution is -2.43. The van der Waals surface area contributed by atoms with Crippen molar-refractivity contribution in [1.82, 2.24) is 9.88 Å². The number of amides is 2. The van der Waals surface area contributed by atoms with Crippen molar-refractivity contribution in [3.05, 3.63) is 54.6 Å². The van der Waals surface area contributed by atoms with E-state index in [0.717, 1.165) is 34.9 Å². The molecule has 2 heterocycles. The van der Waals surface area contributed by atoms with E-state index in [4.69, 9.17) is 0 Å². The summed E-state index contributed by atoms with van der Waals surface area (Å²) >= 11 is 3.29. The van der Waals surface area contributed by atoms with E-state index in [2.05, 4.69) is 16.4 Å². The van der Waals surface area contributed by atoms with Crippen LogP contribution in [-0.2, 0) is 9.59 Å². The fourth-order valence-corrected chi connectivity index (χ4v) is 5.55. The van der Waals surface area contributed by atoms with Crippen LogP contribution in [0.3, 0.4) is 0 Å². The molecule has 5 nitrogen and oxygen atoms in total. The SMILES string of the molecule is O=C(Nc1ccccc1)C1CCCN(C(=O)CCSc2nc3ccccc3s2)C1. The number of hydrogen-bond acceptors (Lipinski definition) is 5. The number of hydrogen-bond donors (Lipinski definition) is 1. The standard InChI is InChI=1S/C22H23N3O2S2/c26-20(12-14-28-22-24-18-10-4-5-11-19(18)29-22)25-13-6-7-16(15-25)21(27)23-17-8-2-1-3-9-17/h1-5,8-11,16H,6-7,12-15H2,(H,23,27). The predicted molar refractivity (Wildman–Crippen MR) is 119 cm³/mol. The van der Waals surface area contributed by atoms with Crippen molar-refractivity contribution in [1.29, 1.82) is 0 Å². The van der Waals surface area contributed by atoms with Gasteiger partial charge in [-0.05, 0) is 37.1 Å². The van der Waals surface area contributed by atoms with Gasteiger partial charge in [0.25, 0.3) is 0 Å². The Bertz CT molecular complexity index is 957. The number of rotatable bonds is 6. The zero-order valence-electron chi connectivity index (χ0n) is 16.0. The molecule has 0 saturated carbocycles. The van der Waals surface area contributed by atoms with Crippen LogP contribution in [-0.4, -0.2) is 40.5 Å². The molecule has 0 bridgehead atoms. The fraction of sp³-hybridized carbons (Fsp3) is 0.318. The normalized spacial score (nSPS) is 16.7. The molecule has 0 radical (unpaired) electrons. The van der Waals surface area contributed by atoms with Crippen molar-refractivity contribution >= 4 is 50.8 Å². The average molecular weight is 426 g/mol. The molecule has 29 heavy (non-hydrogen) atoms. The molecule has 1 saturated heterocycles. The summed E-state index contributed by atoms with van der Waals surface area (Å²) in [5.74, 6) is 0.675. The van der Waals surface area contributed by atoms with Gasteiger partial charge in [0.05, 0.1) is 16.1 Å². The Kier molecular flexibility index (Phi) is 6.46. The molecule has 1 N–H and O–H groups in total. The van der Waals surface area contributed by atoms with E-state index >= 15 is 0 Å². The van der Waals surface area contributed by atoms with Crippen molar-refractivity contribution in [2.45, 2.75) is 23.6 Å². The summed E-state index contributed by atoms with van der Waals surface area (Å²) in [5, 5.41) is 2.96. The van der Waals surface area contributed by atoms with Gasteiger partial charge in [0.1, 0.15) is 0 Å². The molecule has 3 aromatic rings. The topological polar surface area (TPSA) is 62.3 Å². The van der Waals surface area contributed by atoms with Gasteiger partial charge in [0.15, 0.2) is 4.34 Å². The quantitative estimate of drug-likeness (QED) is 0.584. The smallest absolute Gasteiger partial charge is 0.229 e. The largest absolute Gasteiger partial charge is 0.342 e. The van der Waals surface area contributed by atoms with Gasteiger partial charge in [-0.3, -0.25) is 9.59 Å². The van der Waals surface area contributed by atoms with E-state index in [1.807, 2.05) is 53.4 Å². The molecule has 1 aliphatic heterocycles. The first-order valence-electron chi connectivity index (χ1n) is 9.81. The number of likely N-dealkylation sites (tertiary alicyclic amines) is 1. The van der Waals surface area contributed by atoms with Crippen molar-refractivity contribution < 1.29 is 9.59 Å². The van der Waals surface area contributed by atoms with Crippen LogP contribution in [0, 0.1) is 5.92 Å². The number of benzene rings is 2. The third kappa shape index (κ3) is 5.16. The minimum atomic E-state index is -0.148. The number of carbonyl (C=O) groups excluding carboxylic acids is 2. The lowest BCUT2D eigenvalue weighted by atomic mass is 9.96. The molecule has 1 aromatic heterocycles. The molecule has 2 aromatic carbocycles. The van der Waals surface area contributed by atoms with Crippen LogP contribution >= 0.6 is 23.1 Å². The second-order valence-electron chi connectivity index (χ2n) is 7.08. The van der Waals surface area contributed by atoms with Gasteiger partial charge < -0.3 is 10.2 Å². The molecule has 0 spiro atoms. The minimum absolute atomic E-state index is 0.00227. The Morgan fingerprint density at radius 3 is 2.76 bits per heavy atom. The van der Waals surface area contributed by atoms with E-state index in [1.165, 1.54) is 4.70 Å².